The van der Waals surface area contributed by atoms with Gasteiger partial charge in [-0.25, -0.2) is 4.79 Å². The predicted molar refractivity (Wildman–Crippen MR) is 115 cm³/mol. The van der Waals surface area contributed by atoms with Gasteiger partial charge in [-0.05, 0) is 50.2 Å². The molecule has 0 aliphatic heterocycles. The molecular formula is C21H22O8S2. The lowest BCUT2D eigenvalue weighted by Gasteiger charge is -1.95. The van der Waals surface area contributed by atoms with Crippen LogP contribution in [-0.2, 0) is 20.2 Å². The molecule has 0 aromatic heterocycles. The van der Waals surface area contributed by atoms with Crippen molar-refractivity contribution in [3.05, 3.63) is 95.6 Å². The van der Waals surface area contributed by atoms with Gasteiger partial charge in [0, 0.05) is 0 Å². The van der Waals surface area contributed by atoms with Crippen molar-refractivity contribution < 1.29 is 35.8 Å². The molecule has 31 heavy (non-hydrogen) atoms. The van der Waals surface area contributed by atoms with E-state index in [9.17, 15) is 21.6 Å². The number of aromatic carboxylic acids is 1. The third kappa shape index (κ3) is 10.0. The van der Waals surface area contributed by atoms with Gasteiger partial charge in [0.05, 0.1) is 15.4 Å². The highest BCUT2D eigenvalue weighted by atomic mass is 32.2. The van der Waals surface area contributed by atoms with Crippen molar-refractivity contribution in [3.63, 3.8) is 0 Å². The second-order valence-electron chi connectivity index (χ2n) is 6.25. The number of hydrogen-bond acceptors (Lipinski definition) is 5. The lowest BCUT2D eigenvalue weighted by Crippen LogP contribution is -1.96. The zero-order valence-corrected chi connectivity index (χ0v) is 18.3. The Morgan fingerprint density at radius 2 is 0.935 bits per heavy atom. The van der Waals surface area contributed by atoms with Crippen LogP contribution in [0.5, 0.6) is 0 Å². The van der Waals surface area contributed by atoms with Crippen LogP contribution in [-0.4, -0.2) is 37.0 Å². The van der Waals surface area contributed by atoms with Crippen LogP contribution in [0.4, 0.5) is 0 Å². The van der Waals surface area contributed by atoms with Crippen LogP contribution in [0.2, 0.25) is 0 Å². The van der Waals surface area contributed by atoms with Gasteiger partial charge in [-0.1, -0.05) is 53.6 Å². The van der Waals surface area contributed by atoms with E-state index in [0.29, 0.717) is 5.56 Å². The predicted octanol–water partition coefficient (Wildman–Crippen LogP) is 3.87. The SMILES string of the molecule is Cc1ccc(S(=O)(=O)O)cc1.Cc1ccc(S(=O)(=O)O)cc1.O=C(O)c1ccccc1. The van der Waals surface area contributed by atoms with Crippen molar-refractivity contribution in [1.29, 1.82) is 0 Å². The van der Waals surface area contributed by atoms with Crippen molar-refractivity contribution in [2.45, 2.75) is 23.6 Å². The maximum absolute atomic E-state index is 10.5. The Balaban J connectivity index is 0.000000234. The van der Waals surface area contributed by atoms with E-state index in [0.717, 1.165) is 11.1 Å². The summed E-state index contributed by atoms with van der Waals surface area (Å²) in [5.41, 5.74) is 2.24. The Labute approximate surface area is 181 Å². The van der Waals surface area contributed by atoms with E-state index in [1.165, 1.54) is 24.3 Å². The number of hydrogen-bond donors (Lipinski definition) is 3. The first-order chi connectivity index (χ1) is 14.3. The first-order valence-corrected chi connectivity index (χ1v) is 11.6. The van der Waals surface area contributed by atoms with Gasteiger partial charge >= 0.3 is 5.97 Å². The molecule has 3 N–H and O–H groups in total. The third-order valence-electron chi connectivity index (χ3n) is 3.66. The average Bonchev–Trinajstić information content (AvgIpc) is 2.69. The molecule has 0 aliphatic carbocycles. The van der Waals surface area contributed by atoms with Gasteiger partial charge in [0.15, 0.2) is 0 Å². The summed E-state index contributed by atoms with van der Waals surface area (Å²) in [5, 5.41) is 8.38. The zero-order valence-electron chi connectivity index (χ0n) is 16.7. The lowest BCUT2D eigenvalue weighted by atomic mass is 10.2. The largest absolute Gasteiger partial charge is 0.478 e. The second kappa shape index (κ2) is 11.4. The zero-order chi connectivity index (χ0) is 23.7. The van der Waals surface area contributed by atoms with Crippen LogP contribution < -0.4 is 0 Å². The van der Waals surface area contributed by atoms with E-state index in [2.05, 4.69) is 0 Å². The normalized spacial score (nSPS) is 10.7. The summed E-state index contributed by atoms with van der Waals surface area (Å²) in [6, 6.07) is 20.3. The summed E-state index contributed by atoms with van der Waals surface area (Å²) in [7, 11) is -8.04. The van der Waals surface area contributed by atoms with Gasteiger partial charge in [0.1, 0.15) is 0 Å². The summed E-state index contributed by atoms with van der Waals surface area (Å²) < 4.78 is 59.1. The smallest absolute Gasteiger partial charge is 0.335 e. The second-order valence-corrected chi connectivity index (χ2v) is 9.09. The van der Waals surface area contributed by atoms with Crippen LogP contribution in [0.25, 0.3) is 0 Å². The van der Waals surface area contributed by atoms with E-state index in [1.807, 2.05) is 13.8 Å². The minimum Gasteiger partial charge on any atom is -0.478 e. The van der Waals surface area contributed by atoms with E-state index >= 15 is 0 Å². The summed E-state index contributed by atoms with van der Waals surface area (Å²) >= 11 is 0. The van der Waals surface area contributed by atoms with Crippen molar-refractivity contribution in [2.24, 2.45) is 0 Å². The summed E-state index contributed by atoms with van der Waals surface area (Å²) in [6.45, 7) is 3.68. The number of aryl methyl sites for hydroxylation is 2. The Morgan fingerprint density at radius 3 is 1.16 bits per heavy atom. The van der Waals surface area contributed by atoms with E-state index in [-0.39, 0.29) is 9.79 Å². The molecule has 0 atom stereocenters. The first-order valence-electron chi connectivity index (χ1n) is 8.67. The maximum Gasteiger partial charge on any atom is 0.335 e. The minimum absolute atomic E-state index is 0.0666. The number of benzene rings is 3. The molecule has 0 unspecified atom stereocenters. The molecule has 8 nitrogen and oxygen atoms in total. The highest BCUT2D eigenvalue weighted by molar-refractivity contribution is 7.86. The third-order valence-corrected chi connectivity index (χ3v) is 5.39. The Bertz CT molecular complexity index is 1110. The van der Waals surface area contributed by atoms with Gasteiger partial charge in [-0.2, -0.15) is 16.8 Å². The van der Waals surface area contributed by atoms with Gasteiger partial charge in [-0.3, -0.25) is 9.11 Å². The van der Waals surface area contributed by atoms with Gasteiger partial charge in [0.2, 0.25) is 0 Å². The minimum atomic E-state index is -4.02. The van der Waals surface area contributed by atoms with E-state index < -0.39 is 26.2 Å². The topological polar surface area (TPSA) is 146 Å². The molecule has 3 rings (SSSR count). The highest BCUT2D eigenvalue weighted by Crippen LogP contribution is 2.09. The molecular weight excluding hydrogens is 444 g/mol. The molecule has 0 saturated heterocycles. The fraction of sp³-hybridized carbons (Fsp3) is 0.0952. The molecule has 0 aliphatic rings. The molecule has 3 aromatic carbocycles. The standard InChI is InChI=1S/2C7H8O3S.C7H6O2/c2*1-6-2-4-7(5-3-6)11(8,9)10;8-7(9)6-4-2-1-3-5-6/h2*2-5H,1H3,(H,8,9,10);1-5H,(H,8,9). The molecule has 0 saturated carbocycles. The van der Waals surface area contributed by atoms with Crippen molar-refractivity contribution in [1.82, 2.24) is 0 Å². The fourth-order valence-electron chi connectivity index (χ4n) is 2.00. The number of rotatable bonds is 3. The number of carboxylic acids is 1. The van der Waals surface area contributed by atoms with Crippen LogP contribution in [0.1, 0.15) is 21.5 Å². The molecule has 0 heterocycles. The van der Waals surface area contributed by atoms with Gasteiger partial charge in [-0.15, -0.1) is 0 Å². The molecule has 3 aromatic rings. The highest BCUT2D eigenvalue weighted by Gasteiger charge is 2.07. The fourth-order valence-corrected chi connectivity index (χ4v) is 2.96. The van der Waals surface area contributed by atoms with Crippen LogP contribution in [0.3, 0.4) is 0 Å². The monoisotopic (exact) mass is 466 g/mol. The molecule has 0 bridgehead atoms. The molecule has 10 heteroatoms. The quantitative estimate of drug-likeness (QED) is 0.493. The molecule has 0 radical (unpaired) electrons. The molecule has 166 valence electrons. The Morgan fingerprint density at radius 1 is 0.613 bits per heavy atom. The molecule has 0 fully saturated rings. The molecule has 0 spiro atoms. The van der Waals surface area contributed by atoms with Crippen LogP contribution in [0, 0.1) is 13.8 Å². The van der Waals surface area contributed by atoms with Crippen molar-refractivity contribution >= 4 is 26.2 Å². The Kier molecular flexibility index (Phi) is 9.53. The van der Waals surface area contributed by atoms with Crippen LogP contribution >= 0.6 is 0 Å². The Hall–Kier alpha value is -3.05. The number of carboxylic acid groups (broad SMARTS) is 1. The summed E-state index contributed by atoms with van der Waals surface area (Å²) in [5.74, 6) is -0.879. The summed E-state index contributed by atoms with van der Waals surface area (Å²) in [4.78, 5) is 10.1. The lowest BCUT2D eigenvalue weighted by molar-refractivity contribution is 0.0697. The van der Waals surface area contributed by atoms with Crippen molar-refractivity contribution in [3.8, 4) is 0 Å². The van der Waals surface area contributed by atoms with Gasteiger partial charge in [0.25, 0.3) is 20.2 Å². The number of carbonyl (C=O) groups is 1. The average molecular weight is 467 g/mol. The first kappa shape index (κ1) is 26.0. The van der Waals surface area contributed by atoms with E-state index in [1.54, 1.807) is 54.6 Å². The summed E-state index contributed by atoms with van der Waals surface area (Å²) in [6.07, 6.45) is 0. The van der Waals surface area contributed by atoms with Crippen molar-refractivity contribution in [2.75, 3.05) is 0 Å². The van der Waals surface area contributed by atoms with Crippen LogP contribution in [0.15, 0.2) is 88.7 Å². The van der Waals surface area contributed by atoms with Gasteiger partial charge < -0.3 is 5.11 Å². The maximum atomic E-state index is 10.5. The molecule has 0 amide bonds. The van der Waals surface area contributed by atoms with E-state index in [4.69, 9.17) is 14.2 Å².